The maximum absolute atomic E-state index is 14.3. The first kappa shape index (κ1) is 31.7. The van der Waals surface area contributed by atoms with Crippen LogP contribution in [0, 0.1) is 0 Å². The van der Waals surface area contributed by atoms with Crippen LogP contribution in [-0.2, 0) is 35.3 Å². The first-order valence-corrected chi connectivity index (χ1v) is 15.0. The molecule has 0 saturated carbocycles. The monoisotopic (exact) mass is 611 g/mol. The van der Waals surface area contributed by atoms with Gasteiger partial charge in [0.1, 0.15) is 6.04 Å². The van der Waals surface area contributed by atoms with E-state index >= 15 is 0 Å². The van der Waals surface area contributed by atoms with E-state index in [4.69, 9.17) is 0 Å². The van der Waals surface area contributed by atoms with Gasteiger partial charge < -0.3 is 9.80 Å². The number of carbonyl (C=O) groups excluding carboxylic acids is 2. The molecule has 0 aromatic heterocycles. The molecule has 0 spiro atoms. The molecule has 0 N–H and O–H groups in total. The Kier molecular flexibility index (Phi) is 10.5. The van der Waals surface area contributed by atoms with Gasteiger partial charge in [-0.2, -0.15) is 13.2 Å². The fourth-order valence-corrected chi connectivity index (χ4v) is 5.52. The molecule has 0 unspecified atom stereocenters. The Hall–Kier alpha value is -4.69. The van der Waals surface area contributed by atoms with Crippen LogP contribution < -0.4 is 0 Å². The van der Waals surface area contributed by atoms with Crippen LogP contribution in [0.2, 0.25) is 0 Å². The minimum atomic E-state index is -4.44. The molecule has 2 amide bonds. The van der Waals surface area contributed by atoms with E-state index in [2.05, 4.69) is 17.0 Å². The van der Waals surface area contributed by atoms with Crippen molar-refractivity contribution in [3.63, 3.8) is 0 Å². The SMILES string of the molecule is O=C([C@H](Cc1ccccc1)N(Cc1ccccc1)C(=O)C=Cc1ccc(C(F)(F)F)cc1)N1CCN(Cc2ccccc2)CC1. The van der Waals surface area contributed by atoms with Crippen molar-refractivity contribution < 1.29 is 22.8 Å². The van der Waals surface area contributed by atoms with Crippen molar-refractivity contribution in [1.82, 2.24) is 14.7 Å². The fraction of sp³-hybridized carbons (Fsp3) is 0.243. The second kappa shape index (κ2) is 14.9. The molecule has 8 heteroatoms. The standard InChI is InChI=1S/C37H36F3N3O2/c38-37(39,40)33-19-16-29(17-20-33)18-21-35(44)43(28-32-14-8-3-9-15-32)34(26-30-10-4-1-5-11-30)36(45)42-24-22-41(23-25-42)27-31-12-6-2-7-13-31/h1-21,34H,22-28H2/t34-/m0/s1. The summed E-state index contributed by atoms with van der Waals surface area (Å²) in [6.07, 6.45) is -1.28. The molecule has 45 heavy (non-hydrogen) atoms. The second-order valence-corrected chi connectivity index (χ2v) is 11.2. The largest absolute Gasteiger partial charge is 0.416 e. The maximum Gasteiger partial charge on any atom is 0.416 e. The summed E-state index contributed by atoms with van der Waals surface area (Å²) in [4.78, 5) is 34.0. The molecule has 232 valence electrons. The third-order valence-corrected chi connectivity index (χ3v) is 8.00. The van der Waals surface area contributed by atoms with Crippen LogP contribution in [0.4, 0.5) is 13.2 Å². The summed E-state index contributed by atoms with van der Waals surface area (Å²) < 4.78 is 39.1. The number of hydrogen-bond acceptors (Lipinski definition) is 3. The van der Waals surface area contributed by atoms with E-state index < -0.39 is 23.7 Å². The number of benzene rings is 4. The number of carbonyl (C=O) groups is 2. The van der Waals surface area contributed by atoms with Gasteiger partial charge in [0.05, 0.1) is 5.56 Å². The van der Waals surface area contributed by atoms with Gasteiger partial charge in [-0.1, -0.05) is 103 Å². The molecule has 4 aromatic rings. The normalized spacial score (nSPS) is 14.8. The third-order valence-electron chi connectivity index (χ3n) is 8.00. The molecule has 1 atom stereocenters. The summed E-state index contributed by atoms with van der Waals surface area (Å²) in [5.41, 5.74) is 2.72. The molecule has 1 aliphatic rings. The molecule has 0 bridgehead atoms. The number of amides is 2. The Bertz CT molecular complexity index is 1550. The zero-order chi connectivity index (χ0) is 31.6. The van der Waals surface area contributed by atoms with Crippen molar-refractivity contribution in [2.24, 2.45) is 0 Å². The number of halogens is 3. The van der Waals surface area contributed by atoms with Crippen molar-refractivity contribution in [1.29, 1.82) is 0 Å². The number of piperazine rings is 1. The summed E-state index contributed by atoms with van der Waals surface area (Å²) in [5, 5.41) is 0. The second-order valence-electron chi connectivity index (χ2n) is 11.2. The summed E-state index contributed by atoms with van der Waals surface area (Å²) in [5.74, 6) is -0.513. The van der Waals surface area contributed by atoms with Gasteiger partial charge in [0.2, 0.25) is 11.8 Å². The van der Waals surface area contributed by atoms with Gasteiger partial charge >= 0.3 is 6.18 Å². The summed E-state index contributed by atoms with van der Waals surface area (Å²) >= 11 is 0. The first-order chi connectivity index (χ1) is 21.8. The molecule has 5 nitrogen and oxygen atoms in total. The van der Waals surface area contributed by atoms with Gasteiger partial charge in [-0.05, 0) is 40.5 Å². The van der Waals surface area contributed by atoms with Crippen LogP contribution >= 0.6 is 0 Å². The van der Waals surface area contributed by atoms with Gasteiger partial charge in [-0.3, -0.25) is 14.5 Å². The fourth-order valence-electron chi connectivity index (χ4n) is 5.52. The Morgan fingerprint density at radius 3 is 1.80 bits per heavy atom. The molecular weight excluding hydrogens is 575 g/mol. The lowest BCUT2D eigenvalue weighted by Crippen LogP contribution is -2.56. The van der Waals surface area contributed by atoms with Gasteiger partial charge in [-0.15, -0.1) is 0 Å². The van der Waals surface area contributed by atoms with Gasteiger partial charge in [0.25, 0.3) is 0 Å². The number of alkyl halides is 3. The minimum Gasteiger partial charge on any atom is -0.338 e. The van der Waals surface area contributed by atoms with Crippen molar-refractivity contribution >= 4 is 17.9 Å². The highest BCUT2D eigenvalue weighted by atomic mass is 19.4. The predicted molar refractivity (Wildman–Crippen MR) is 170 cm³/mol. The lowest BCUT2D eigenvalue weighted by Gasteiger charge is -2.39. The molecule has 1 heterocycles. The van der Waals surface area contributed by atoms with Crippen LogP contribution in [0.5, 0.6) is 0 Å². The first-order valence-electron chi connectivity index (χ1n) is 15.0. The lowest BCUT2D eigenvalue weighted by molar-refractivity contribution is -0.145. The van der Waals surface area contributed by atoms with Crippen LogP contribution in [0.1, 0.15) is 27.8 Å². The zero-order valence-corrected chi connectivity index (χ0v) is 24.9. The smallest absolute Gasteiger partial charge is 0.338 e. The average Bonchev–Trinajstić information content (AvgIpc) is 3.06. The summed E-state index contributed by atoms with van der Waals surface area (Å²) in [7, 11) is 0. The Balaban J connectivity index is 1.39. The molecule has 1 saturated heterocycles. The van der Waals surface area contributed by atoms with Crippen LogP contribution in [0.25, 0.3) is 6.08 Å². The Morgan fingerprint density at radius 2 is 1.24 bits per heavy atom. The van der Waals surface area contributed by atoms with Crippen molar-refractivity contribution in [3.8, 4) is 0 Å². The van der Waals surface area contributed by atoms with Crippen molar-refractivity contribution in [3.05, 3.63) is 149 Å². The van der Waals surface area contributed by atoms with Crippen LogP contribution in [-0.4, -0.2) is 58.7 Å². The van der Waals surface area contributed by atoms with E-state index in [9.17, 15) is 22.8 Å². The minimum absolute atomic E-state index is 0.120. The Labute approximate surface area is 262 Å². The molecule has 0 radical (unpaired) electrons. The number of hydrogen-bond donors (Lipinski definition) is 0. The third kappa shape index (κ3) is 8.92. The molecule has 0 aliphatic carbocycles. The molecule has 4 aromatic carbocycles. The van der Waals surface area contributed by atoms with Crippen molar-refractivity contribution in [2.45, 2.75) is 31.7 Å². The van der Waals surface area contributed by atoms with E-state index in [1.807, 2.05) is 83.8 Å². The summed E-state index contributed by atoms with van der Waals surface area (Å²) in [6.45, 7) is 3.55. The molecular formula is C37H36F3N3O2. The number of nitrogens with zero attached hydrogens (tertiary/aromatic N) is 3. The van der Waals surface area contributed by atoms with E-state index in [0.29, 0.717) is 25.1 Å². The van der Waals surface area contributed by atoms with Gasteiger partial charge in [0, 0.05) is 51.8 Å². The van der Waals surface area contributed by atoms with Crippen molar-refractivity contribution in [2.75, 3.05) is 26.2 Å². The van der Waals surface area contributed by atoms with E-state index in [0.717, 1.165) is 42.9 Å². The van der Waals surface area contributed by atoms with Gasteiger partial charge in [0.15, 0.2) is 0 Å². The molecule has 5 rings (SSSR count). The number of rotatable bonds is 10. The predicted octanol–water partition coefficient (Wildman–Crippen LogP) is 6.70. The van der Waals surface area contributed by atoms with E-state index in [1.165, 1.54) is 29.8 Å². The quantitative estimate of drug-likeness (QED) is 0.188. The van der Waals surface area contributed by atoms with Crippen LogP contribution in [0.3, 0.4) is 0 Å². The summed E-state index contributed by atoms with van der Waals surface area (Å²) in [6, 6.07) is 33.2. The maximum atomic E-state index is 14.3. The van der Waals surface area contributed by atoms with Gasteiger partial charge in [-0.25, -0.2) is 0 Å². The van der Waals surface area contributed by atoms with E-state index in [-0.39, 0.29) is 12.5 Å². The van der Waals surface area contributed by atoms with Crippen LogP contribution in [0.15, 0.2) is 121 Å². The molecule has 1 aliphatic heterocycles. The topological polar surface area (TPSA) is 43.9 Å². The zero-order valence-electron chi connectivity index (χ0n) is 24.9. The average molecular weight is 612 g/mol. The lowest BCUT2D eigenvalue weighted by atomic mass is 10.0. The van der Waals surface area contributed by atoms with E-state index in [1.54, 1.807) is 4.90 Å². The highest BCUT2D eigenvalue weighted by molar-refractivity contribution is 5.95. The molecule has 1 fully saturated rings. The highest BCUT2D eigenvalue weighted by Gasteiger charge is 2.34. The highest BCUT2D eigenvalue weighted by Crippen LogP contribution is 2.29. The Morgan fingerprint density at radius 1 is 0.711 bits per heavy atom.